The molecule has 0 aromatic heterocycles. The quantitative estimate of drug-likeness (QED) is 0.0126. The Hall–Kier alpha value is -2.60. The molecule has 1 aliphatic rings. The molecule has 0 saturated heterocycles. The number of aliphatic hydroxyl groups excluding tert-OH is 5. The van der Waals surface area contributed by atoms with E-state index in [2.05, 4.69) is 66.1 Å². The maximum absolute atomic E-state index is 13.0. The molecule has 1 fully saturated rings. The molecule has 1 aliphatic carbocycles. The van der Waals surface area contributed by atoms with E-state index in [-0.39, 0.29) is 19.4 Å². The van der Waals surface area contributed by atoms with E-state index in [1.54, 1.807) is 0 Å². The summed E-state index contributed by atoms with van der Waals surface area (Å²) >= 11 is 0. The molecule has 19 heteroatoms. The molecule has 5 unspecified atom stereocenters. The van der Waals surface area contributed by atoms with Gasteiger partial charge < -0.3 is 49.7 Å². The lowest BCUT2D eigenvalue weighted by Gasteiger charge is -2.43. The van der Waals surface area contributed by atoms with E-state index in [0.717, 1.165) is 83.5 Å². The van der Waals surface area contributed by atoms with Gasteiger partial charge in [-0.15, -0.1) is 0 Å². The number of phosphoric ester groups is 2. The number of esters is 2. The van der Waals surface area contributed by atoms with Crippen LogP contribution in [0.1, 0.15) is 148 Å². The number of hydrogen-bond acceptors (Lipinski definition) is 14. The zero-order valence-electron chi connectivity index (χ0n) is 38.8. The molecule has 8 N–H and O–H groups in total. The highest BCUT2D eigenvalue weighted by Crippen LogP contribution is 2.49. The van der Waals surface area contributed by atoms with Gasteiger partial charge in [-0.05, 0) is 89.9 Å². The molecular formula is C47H80O17P2. The second kappa shape index (κ2) is 38.3. The van der Waals surface area contributed by atoms with E-state index >= 15 is 0 Å². The number of rotatable bonds is 39. The summed E-state index contributed by atoms with van der Waals surface area (Å²) in [5.41, 5.74) is 0. The van der Waals surface area contributed by atoms with Crippen molar-refractivity contribution in [3.63, 3.8) is 0 Å². The number of ether oxygens (including phenoxy) is 2. The van der Waals surface area contributed by atoms with Crippen LogP contribution in [0, 0.1) is 0 Å². The van der Waals surface area contributed by atoms with Gasteiger partial charge >= 0.3 is 27.6 Å². The Balaban J connectivity index is 2.65. The number of hydrogen-bond donors (Lipinski definition) is 8. The molecular weight excluding hydrogens is 898 g/mol. The van der Waals surface area contributed by atoms with Crippen molar-refractivity contribution in [1.29, 1.82) is 0 Å². The molecule has 0 heterocycles. The number of phosphoric acid groups is 2. The van der Waals surface area contributed by atoms with Crippen molar-refractivity contribution in [3.05, 3.63) is 72.9 Å². The van der Waals surface area contributed by atoms with Crippen molar-refractivity contribution in [2.45, 2.75) is 191 Å². The normalized spacial score (nSPS) is 22.1. The van der Waals surface area contributed by atoms with Crippen LogP contribution in [-0.4, -0.2) is 115 Å². The predicted octanol–water partition coefficient (Wildman–Crippen LogP) is 7.81. The number of allylic oxidation sites excluding steroid dienone is 12. The third-order valence-electron chi connectivity index (χ3n) is 10.3. The van der Waals surface area contributed by atoms with Crippen LogP contribution in [0.25, 0.3) is 0 Å². The fourth-order valence-electron chi connectivity index (χ4n) is 6.61. The highest BCUT2D eigenvalue weighted by Gasteiger charge is 2.54. The zero-order valence-corrected chi connectivity index (χ0v) is 40.6. The predicted molar refractivity (Wildman–Crippen MR) is 252 cm³/mol. The molecule has 0 aromatic rings. The van der Waals surface area contributed by atoms with Gasteiger partial charge in [0.2, 0.25) is 0 Å². The third kappa shape index (κ3) is 32.2. The Bertz CT molecular complexity index is 1560. The first-order chi connectivity index (χ1) is 31.6. The Morgan fingerprint density at radius 3 is 1.47 bits per heavy atom. The highest BCUT2D eigenvalue weighted by molar-refractivity contribution is 7.47. The van der Waals surface area contributed by atoms with Crippen LogP contribution in [0.4, 0.5) is 0 Å². The van der Waals surface area contributed by atoms with E-state index in [9.17, 15) is 44.0 Å². The lowest BCUT2D eigenvalue weighted by Crippen LogP contribution is -2.64. The van der Waals surface area contributed by atoms with Gasteiger partial charge in [0.25, 0.3) is 0 Å². The van der Waals surface area contributed by atoms with Gasteiger partial charge in [0, 0.05) is 19.4 Å². The van der Waals surface area contributed by atoms with Crippen LogP contribution < -0.4 is 0 Å². The van der Waals surface area contributed by atoms with E-state index in [4.69, 9.17) is 33.4 Å². The first-order valence-corrected chi connectivity index (χ1v) is 26.6. The van der Waals surface area contributed by atoms with Crippen molar-refractivity contribution in [2.75, 3.05) is 19.8 Å². The van der Waals surface area contributed by atoms with Gasteiger partial charge in [-0.2, -0.15) is 0 Å². The summed E-state index contributed by atoms with van der Waals surface area (Å²) in [6, 6.07) is 0. The molecule has 1 saturated carbocycles. The number of unbranched alkanes of at least 4 members (excludes halogenated alkanes) is 12. The second-order valence-electron chi connectivity index (χ2n) is 16.2. The fourth-order valence-corrected chi connectivity index (χ4v) is 8.15. The maximum Gasteiger partial charge on any atom is 0.472 e. The number of carbonyl (C=O) groups excluding carboxylic acids is 2. The molecule has 0 bridgehead atoms. The molecule has 0 aliphatic heterocycles. The standard InChI is InChI=1S/C47H80O17P2/c1-2-3-4-5-6-7-8-9-13-16-19-22-25-28-31-34-40(49)60-37-39(38-61-66(58,59)64-47-44(53)42(51)43(52)46(45(47)54)63-65(55,56)57)62-41(50)35-32-29-26-23-20-17-14-11-10-12-15-18-21-24-27-30-33-36-48/h6-7,9-10,12-14,17-18,21,23,26,39,42-48,51-54H,2-5,8,11,15-16,19-20,22,24-25,27-38H2,1H3,(H,58,59)(H2,55,56,57)/b7-6-,12-10-,13-9-,17-14-,21-18-,26-23-/t39-,42?,43?,44?,45?,46-,47+/m1/s1. The van der Waals surface area contributed by atoms with Crippen molar-refractivity contribution >= 4 is 27.6 Å². The monoisotopic (exact) mass is 978 g/mol. The SMILES string of the molecule is CCCCC/C=C\C/C=C\CCCCCCCC(=O)OC[C@H](COP(=O)(O)O[C@H]1C(O)C(O)C(O)[C@@H](OP(=O)(O)O)C1O)OC(=O)CCC/C=C\C/C=C\C/C=C\C/C=C\CCCCCO. The largest absolute Gasteiger partial charge is 0.472 e. The first-order valence-electron chi connectivity index (χ1n) is 23.6. The number of aliphatic hydroxyl groups is 5. The highest BCUT2D eigenvalue weighted by atomic mass is 31.2. The van der Waals surface area contributed by atoms with Gasteiger partial charge in [0.05, 0.1) is 6.61 Å². The first kappa shape index (κ1) is 61.4. The molecule has 0 amide bonds. The average Bonchev–Trinajstić information content (AvgIpc) is 3.27. The van der Waals surface area contributed by atoms with Gasteiger partial charge in [-0.3, -0.25) is 23.2 Å². The van der Waals surface area contributed by atoms with Gasteiger partial charge in [-0.25, -0.2) is 9.13 Å². The molecule has 0 spiro atoms. The summed E-state index contributed by atoms with van der Waals surface area (Å²) < 4.78 is 49.3. The Morgan fingerprint density at radius 1 is 0.515 bits per heavy atom. The third-order valence-corrected chi connectivity index (χ3v) is 11.8. The topological polar surface area (TPSA) is 276 Å². The molecule has 66 heavy (non-hydrogen) atoms. The van der Waals surface area contributed by atoms with Gasteiger partial charge in [0.15, 0.2) is 6.10 Å². The Labute approximate surface area is 392 Å². The van der Waals surface area contributed by atoms with Gasteiger partial charge in [-0.1, -0.05) is 118 Å². The lowest BCUT2D eigenvalue weighted by atomic mass is 9.85. The second-order valence-corrected chi connectivity index (χ2v) is 18.8. The van der Waals surface area contributed by atoms with Crippen LogP contribution in [0.5, 0.6) is 0 Å². The molecule has 380 valence electrons. The van der Waals surface area contributed by atoms with E-state index in [0.29, 0.717) is 25.7 Å². The maximum atomic E-state index is 13.0. The molecule has 17 nitrogen and oxygen atoms in total. The smallest absolute Gasteiger partial charge is 0.462 e. The summed E-state index contributed by atoms with van der Waals surface area (Å²) in [7, 11) is -10.7. The molecule has 0 aromatic carbocycles. The molecule has 8 atom stereocenters. The minimum atomic E-state index is -5.38. The van der Waals surface area contributed by atoms with Gasteiger partial charge in [0.1, 0.15) is 43.2 Å². The summed E-state index contributed by atoms with van der Waals surface area (Å²) in [5, 5.41) is 50.0. The Kier molecular flexibility index (Phi) is 35.6. The molecule has 0 radical (unpaired) electrons. The van der Waals surface area contributed by atoms with Crippen LogP contribution in [0.3, 0.4) is 0 Å². The van der Waals surface area contributed by atoms with E-state index in [1.807, 2.05) is 18.2 Å². The summed E-state index contributed by atoms with van der Waals surface area (Å²) in [4.78, 5) is 54.2. The minimum Gasteiger partial charge on any atom is -0.462 e. The lowest BCUT2D eigenvalue weighted by molar-refractivity contribution is -0.216. The van der Waals surface area contributed by atoms with Crippen LogP contribution in [0.2, 0.25) is 0 Å². The van der Waals surface area contributed by atoms with Crippen molar-refractivity contribution < 1.29 is 82.0 Å². The molecule has 1 rings (SSSR count). The van der Waals surface area contributed by atoms with Crippen LogP contribution >= 0.6 is 15.6 Å². The Morgan fingerprint density at radius 2 is 0.955 bits per heavy atom. The van der Waals surface area contributed by atoms with Crippen LogP contribution in [0.15, 0.2) is 72.9 Å². The van der Waals surface area contributed by atoms with E-state index < -0.39 is 83.5 Å². The van der Waals surface area contributed by atoms with Crippen molar-refractivity contribution in [2.24, 2.45) is 0 Å². The van der Waals surface area contributed by atoms with E-state index in [1.165, 1.54) is 19.3 Å². The summed E-state index contributed by atoms with van der Waals surface area (Å²) in [6.45, 7) is 1.02. The zero-order chi connectivity index (χ0) is 48.9. The summed E-state index contributed by atoms with van der Waals surface area (Å²) in [5.74, 6) is -1.31. The fraction of sp³-hybridized carbons (Fsp3) is 0.702. The average molecular weight is 979 g/mol. The van der Waals surface area contributed by atoms with Crippen molar-refractivity contribution in [3.8, 4) is 0 Å². The van der Waals surface area contributed by atoms with Crippen LogP contribution in [-0.2, 0) is 41.8 Å². The summed E-state index contributed by atoms with van der Waals surface area (Å²) in [6.07, 6.45) is 28.8. The van der Waals surface area contributed by atoms with Crippen molar-refractivity contribution in [1.82, 2.24) is 0 Å². The number of carbonyl (C=O) groups is 2. The minimum absolute atomic E-state index is 0.0482.